The van der Waals surface area contributed by atoms with Gasteiger partial charge in [0.25, 0.3) is 0 Å². The van der Waals surface area contributed by atoms with Crippen LogP contribution in [-0.4, -0.2) is 59.8 Å². The summed E-state index contributed by atoms with van der Waals surface area (Å²) in [7, 11) is 0. The monoisotopic (exact) mass is 1880 g/mol. The minimum Gasteiger partial charge on any atom is -0.304 e. The lowest BCUT2D eigenvalue weighted by Crippen LogP contribution is -2.38. The Morgan fingerprint density at radius 1 is 0.139 bits per heavy atom. The Balaban J connectivity index is 0.643. The molecule has 4 aromatic heterocycles. The van der Waals surface area contributed by atoms with Crippen molar-refractivity contribution in [2.24, 2.45) is 0 Å². The number of hydrogen-bond acceptors (Lipinski definition) is 14. The van der Waals surface area contributed by atoms with Crippen LogP contribution in [0, 0.1) is 46.5 Å². The molecule has 24 rings (SSSR count). The molecule has 0 N–H and O–H groups in total. The molecule has 0 atom stereocenters. The fourth-order valence-corrected chi connectivity index (χ4v) is 19.9. The Labute approximate surface area is 820 Å². The molecule has 686 valence electrons. The summed E-state index contributed by atoms with van der Waals surface area (Å²) in [5, 5.41) is 0. The number of aromatic nitrogens is 12. The van der Waals surface area contributed by atoms with Crippen molar-refractivity contribution in [1.82, 2.24) is 59.8 Å². The first-order valence-corrected chi connectivity index (χ1v) is 46.4. The molecule has 0 radical (unpaired) electrons. The van der Waals surface area contributed by atoms with Gasteiger partial charge < -0.3 is 9.80 Å². The Bertz CT molecular complexity index is 7470. The van der Waals surface area contributed by atoms with E-state index in [4.69, 9.17) is 59.8 Å². The zero-order chi connectivity index (χ0) is 97.3. The van der Waals surface area contributed by atoms with Crippen LogP contribution < -0.4 is 9.80 Å². The molecular formula is C122H72F8N14. The van der Waals surface area contributed by atoms with Crippen molar-refractivity contribution < 1.29 is 35.1 Å². The van der Waals surface area contributed by atoms with Gasteiger partial charge in [0, 0.05) is 66.8 Å². The molecule has 0 fully saturated rings. The second-order valence-corrected chi connectivity index (χ2v) is 34.7. The predicted molar refractivity (Wildman–Crippen MR) is 543 cm³/mol. The van der Waals surface area contributed by atoms with Gasteiger partial charge in [-0.15, -0.1) is 0 Å². The van der Waals surface area contributed by atoms with Crippen molar-refractivity contribution >= 4 is 34.1 Å². The quantitative estimate of drug-likeness (QED) is 0.0555. The van der Waals surface area contributed by atoms with Gasteiger partial charge in [-0.1, -0.05) is 413 Å². The normalized spacial score (nSPS) is 12.7. The number of nitrogens with zero attached hydrogens (tertiary/aromatic N) is 14. The lowest BCUT2D eigenvalue weighted by atomic mass is 9.62. The van der Waals surface area contributed by atoms with E-state index in [2.05, 4.69) is 0 Å². The van der Waals surface area contributed by atoms with Crippen molar-refractivity contribution in [3.05, 3.63) is 528 Å². The second kappa shape index (κ2) is 36.4. The smallest absolute Gasteiger partial charge is 0.186 e. The number of halogens is 8. The highest BCUT2D eigenvalue weighted by Gasteiger charge is 2.51. The highest BCUT2D eigenvalue weighted by molar-refractivity contribution is 5.94. The Kier molecular flexibility index (Phi) is 22.2. The SMILES string of the molecule is Fc1c(F)c(N2c3ccccc3C(c3ccc(-c4nc(-c5ccccc5)nc(-c5ccccc5)n4)cc3)(c3ccc(-c4nc(-c5ccccc5)nc(-c5ccccc5)n4)cc3)c3ccccc32)c(F)c(F)c1-c1c(F)c(F)c(N2c3ccccc3C(c3ccc(-c4nc(-c5ccccc5)nc(-c5ccccc5)n4)cc3)(c3ccc(-c4nc(-c5ccccc5)nc(-c5ccccc5)n4)cc3)c3ccccc32)c(F)c1F. The van der Waals surface area contributed by atoms with Gasteiger partial charge in [-0.3, -0.25) is 0 Å². The average molecular weight is 1890 g/mol. The number of anilines is 6. The first-order valence-electron chi connectivity index (χ1n) is 46.4. The van der Waals surface area contributed by atoms with Gasteiger partial charge in [-0.05, 0) is 68.8 Å². The third kappa shape index (κ3) is 15.0. The summed E-state index contributed by atoms with van der Waals surface area (Å²) < 4.78 is 149. The van der Waals surface area contributed by atoms with Crippen molar-refractivity contribution in [2.75, 3.05) is 9.80 Å². The molecule has 22 heteroatoms. The summed E-state index contributed by atoms with van der Waals surface area (Å²) in [5.41, 5.74) is 1.64. The molecule has 14 nitrogen and oxygen atoms in total. The number of benzene rings is 18. The molecule has 0 amide bonds. The van der Waals surface area contributed by atoms with Gasteiger partial charge in [0.1, 0.15) is 11.4 Å². The molecule has 6 heterocycles. The highest BCUT2D eigenvalue weighted by atomic mass is 19.2. The molecular weight excluding hydrogens is 1810 g/mol. The summed E-state index contributed by atoms with van der Waals surface area (Å²) in [6, 6.07) is 132. The fraction of sp³-hybridized carbons (Fsp3) is 0.0164. The molecule has 2 aliphatic heterocycles. The molecule has 0 unspecified atom stereocenters. The summed E-state index contributed by atoms with van der Waals surface area (Å²) in [6.07, 6.45) is 0. The van der Waals surface area contributed by atoms with Gasteiger partial charge >= 0.3 is 0 Å². The van der Waals surface area contributed by atoms with E-state index in [-0.39, 0.29) is 22.7 Å². The molecule has 0 aliphatic carbocycles. The first-order chi connectivity index (χ1) is 70.7. The van der Waals surface area contributed by atoms with Crippen LogP contribution in [0.25, 0.3) is 148 Å². The third-order valence-electron chi connectivity index (χ3n) is 26.5. The van der Waals surface area contributed by atoms with E-state index in [1.165, 1.54) is 24.3 Å². The zero-order valence-electron chi connectivity index (χ0n) is 75.9. The number of hydrogen-bond donors (Lipinski definition) is 0. The van der Waals surface area contributed by atoms with Gasteiger partial charge in [0.15, 0.2) is 116 Å². The van der Waals surface area contributed by atoms with Crippen molar-refractivity contribution in [2.45, 2.75) is 10.8 Å². The van der Waals surface area contributed by atoms with Gasteiger partial charge in [0.05, 0.1) is 44.7 Å². The van der Waals surface area contributed by atoms with Gasteiger partial charge in [-0.25, -0.2) is 94.9 Å². The molecule has 0 bridgehead atoms. The average Bonchev–Trinajstić information content (AvgIpc) is 0.690. The van der Waals surface area contributed by atoms with Crippen LogP contribution >= 0.6 is 0 Å². The standard InChI is InChI=1S/C122H72F8N14/c123-99-97(100(124)104(128)107(103(99)127)143-93-53-29-25-49-89(93)121(90-50-26-30-54-94(90)143,85-65-57-81(58-66-85)117-135-109(73-33-9-1-10-34-73)131-110(136-117)74-35-11-2-12-36-74)86-67-59-82(60-68-86)118-137-111(75-37-13-3-14-38-75)132-112(138-118)76-39-15-4-16-40-76)98-101(125)105(129)108(106(130)102(98)126)144-95-55-31-27-51-91(95)122(92-52-28-32-56-96(92)144,87-69-61-83(62-70-87)119-139-113(77-41-17-5-18-42-77)133-114(140-119)78-43-19-6-20-44-78)88-71-63-84(64-72-88)120-141-115(79-45-21-7-22-46-79)134-116(142-120)80-47-23-8-24-48-80/h1-72H. The predicted octanol–water partition coefficient (Wildman–Crippen LogP) is 29.5. The van der Waals surface area contributed by atoms with E-state index in [9.17, 15) is 0 Å². The van der Waals surface area contributed by atoms with Crippen LogP contribution in [0.4, 0.5) is 69.2 Å². The van der Waals surface area contributed by atoms with E-state index in [0.717, 1.165) is 54.3 Å². The van der Waals surface area contributed by atoms with E-state index in [0.29, 0.717) is 137 Å². The number of rotatable bonds is 19. The minimum atomic E-state index is -2.39. The Morgan fingerprint density at radius 2 is 0.271 bits per heavy atom. The van der Waals surface area contributed by atoms with Crippen LogP contribution in [0.5, 0.6) is 0 Å². The largest absolute Gasteiger partial charge is 0.304 e. The summed E-state index contributed by atoms with van der Waals surface area (Å²) in [4.78, 5) is 62.0. The van der Waals surface area contributed by atoms with Crippen LogP contribution in [0.1, 0.15) is 44.5 Å². The lowest BCUT2D eigenvalue weighted by molar-refractivity contribution is 0.444. The van der Waals surface area contributed by atoms with E-state index in [1.54, 1.807) is 72.8 Å². The van der Waals surface area contributed by atoms with E-state index < -0.39 is 79.9 Å². The lowest BCUT2D eigenvalue weighted by Gasteiger charge is -2.46. The second-order valence-electron chi connectivity index (χ2n) is 34.7. The van der Waals surface area contributed by atoms with Crippen LogP contribution in [0.2, 0.25) is 0 Å². The zero-order valence-corrected chi connectivity index (χ0v) is 75.9. The maximum absolute atomic E-state index is 18.7. The molecule has 18 aromatic carbocycles. The van der Waals surface area contributed by atoms with Crippen molar-refractivity contribution in [3.8, 4) is 148 Å². The number of fused-ring (bicyclic) bond motifs is 4. The topological polar surface area (TPSA) is 161 Å². The Morgan fingerprint density at radius 3 is 0.424 bits per heavy atom. The van der Waals surface area contributed by atoms with Crippen molar-refractivity contribution in [1.29, 1.82) is 0 Å². The van der Waals surface area contributed by atoms with Crippen LogP contribution in [0.15, 0.2) is 437 Å². The van der Waals surface area contributed by atoms with Crippen LogP contribution in [-0.2, 0) is 10.8 Å². The number of para-hydroxylation sites is 4. The van der Waals surface area contributed by atoms with Crippen LogP contribution in [0.3, 0.4) is 0 Å². The van der Waals surface area contributed by atoms with Crippen molar-refractivity contribution in [3.63, 3.8) is 0 Å². The highest BCUT2D eigenvalue weighted by Crippen LogP contribution is 2.62. The summed E-state index contributed by atoms with van der Waals surface area (Å²) >= 11 is 0. The molecule has 0 saturated heterocycles. The fourth-order valence-electron chi connectivity index (χ4n) is 19.9. The maximum atomic E-state index is 18.7. The van der Waals surface area contributed by atoms with E-state index in [1.807, 2.05) is 340 Å². The first kappa shape index (κ1) is 87.8. The molecule has 0 spiro atoms. The molecule has 22 aromatic rings. The van der Waals surface area contributed by atoms with E-state index >= 15 is 35.1 Å². The Hall–Kier alpha value is -19.0. The maximum Gasteiger partial charge on any atom is 0.186 e. The minimum absolute atomic E-state index is 0.0211. The summed E-state index contributed by atoms with van der Waals surface area (Å²) in [6.45, 7) is 0. The van der Waals surface area contributed by atoms with Gasteiger partial charge in [-0.2, -0.15) is 0 Å². The molecule has 144 heavy (non-hydrogen) atoms. The summed E-state index contributed by atoms with van der Waals surface area (Å²) in [5.74, 6) is -13.7. The third-order valence-corrected chi connectivity index (χ3v) is 26.5. The van der Waals surface area contributed by atoms with Gasteiger partial charge in [0.2, 0.25) is 0 Å². The molecule has 0 saturated carbocycles. The molecule has 2 aliphatic rings.